The number of rotatable bonds is 2. The Labute approximate surface area is 270 Å². The first-order valence-corrected chi connectivity index (χ1v) is 16.3. The molecule has 1 heteroatoms. The first-order chi connectivity index (χ1) is 23.3. The molecule has 0 bridgehead atoms. The zero-order chi connectivity index (χ0) is 30.6. The molecule has 0 aliphatic heterocycles. The Balaban J connectivity index is 1.21. The summed E-state index contributed by atoms with van der Waals surface area (Å²) in [5, 5.41) is 12.6. The maximum atomic E-state index is 6.86. The first kappa shape index (κ1) is 25.1. The lowest BCUT2D eigenvalue weighted by Crippen LogP contribution is -1.87. The van der Waals surface area contributed by atoms with Crippen molar-refractivity contribution in [1.82, 2.24) is 0 Å². The molecule has 216 valence electrons. The van der Waals surface area contributed by atoms with E-state index in [1.54, 1.807) is 0 Å². The summed E-state index contributed by atoms with van der Waals surface area (Å²) in [6.45, 7) is 0. The molecule has 0 unspecified atom stereocenters. The summed E-state index contributed by atoms with van der Waals surface area (Å²) in [6, 6.07) is 57.6. The summed E-state index contributed by atoms with van der Waals surface area (Å²) in [5.41, 5.74) is 11.8. The summed E-state index contributed by atoms with van der Waals surface area (Å²) >= 11 is 0. The number of hydrogen-bond acceptors (Lipinski definition) is 1. The lowest BCUT2D eigenvalue weighted by molar-refractivity contribution is 0.670. The van der Waals surface area contributed by atoms with E-state index in [4.69, 9.17) is 4.42 Å². The van der Waals surface area contributed by atoms with Crippen molar-refractivity contribution >= 4 is 65.0 Å². The minimum absolute atomic E-state index is 0.908. The highest BCUT2D eigenvalue weighted by Gasteiger charge is 2.24. The van der Waals surface area contributed by atoms with Gasteiger partial charge in [0.1, 0.15) is 11.2 Å². The molecule has 1 aliphatic rings. The van der Waals surface area contributed by atoms with E-state index in [9.17, 15) is 0 Å². The maximum Gasteiger partial charge on any atom is 0.143 e. The normalized spacial score (nSPS) is 12.3. The molecule has 0 amide bonds. The van der Waals surface area contributed by atoms with Gasteiger partial charge in [-0.05, 0) is 88.1 Å². The van der Waals surface area contributed by atoms with Crippen LogP contribution in [0.25, 0.3) is 110 Å². The van der Waals surface area contributed by atoms with Crippen molar-refractivity contribution in [2.75, 3.05) is 0 Å². The number of hydrogen-bond donors (Lipinski definition) is 0. The van der Waals surface area contributed by atoms with E-state index in [1.165, 1.54) is 82.0 Å². The van der Waals surface area contributed by atoms with Crippen LogP contribution in [0.15, 0.2) is 162 Å². The Morgan fingerprint density at radius 3 is 1.36 bits per heavy atom. The van der Waals surface area contributed by atoms with Gasteiger partial charge in [-0.2, -0.15) is 0 Å². The number of fused-ring (bicyclic) bond motifs is 12. The molecule has 11 rings (SSSR count). The summed E-state index contributed by atoms with van der Waals surface area (Å²) in [4.78, 5) is 0. The van der Waals surface area contributed by atoms with Gasteiger partial charge in [0.25, 0.3) is 0 Å². The largest absolute Gasteiger partial charge is 0.455 e. The average Bonchev–Trinajstić information content (AvgIpc) is 3.69. The Morgan fingerprint density at radius 1 is 0.234 bits per heavy atom. The highest BCUT2D eigenvalue weighted by Crippen LogP contribution is 2.51. The standard InChI is InChI=1S/C46H26O/c1-2-12-29-27(11-1)28-13-5-6-16-33(28)43-34(29)18-8-20-37(43)38-21-10-24-42-45(38)41-23-9-22-40(46(41)47-42)32-25-26-39-31-15-4-3-14-30(31)35-17-7-19-36(32)44(35)39/h1-26H. The first-order valence-electron chi connectivity index (χ1n) is 16.3. The molecule has 1 aromatic heterocycles. The van der Waals surface area contributed by atoms with Gasteiger partial charge in [0.2, 0.25) is 0 Å². The Morgan fingerprint density at radius 2 is 0.660 bits per heavy atom. The van der Waals surface area contributed by atoms with Crippen molar-refractivity contribution < 1.29 is 4.42 Å². The van der Waals surface area contributed by atoms with E-state index in [0.29, 0.717) is 0 Å². The van der Waals surface area contributed by atoms with Gasteiger partial charge in [0.15, 0.2) is 0 Å². The Hall–Kier alpha value is -6.18. The fourth-order valence-electron chi connectivity index (χ4n) is 8.51. The summed E-state index contributed by atoms with van der Waals surface area (Å²) < 4.78 is 6.86. The van der Waals surface area contributed by atoms with E-state index >= 15 is 0 Å². The zero-order valence-corrected chi connectivity index (χ0v) is 25.4. The molecule has 0 N–H and O–H groups in total. The number of furan rings is 1. The van der Waals surface area contributed by atoms with Gasteiger partial charge in [0.05, 0.1) is 0 Å². The van der Waals surface area contributed by atoms with Crippen molar-refractivity contribution in [3.63, 3.8) is 0 Å². The van der Waals surface area contributed by atoms with Crippen molar-refractivity contribution in [1.29, 1.82) is 0 Å². The van der Waals surface area contributed by atoms with Crippen LogP contribution in [0.2, 0.25) is 0 Å². The lowest BCUT2D eigenvalue weighted by atomic mass is 9.88. The maximum absolute atomic E-state index is 6.86. The van der Waals surface area contributed by atoms with Crippen molar-refractivity contribution in [3.8, 4) is 44.5 Å². The van der Waals surface area contributed by atoms with Crippen molar-refractivity contribution in [3.05, 3.63) is 158 Å². The third-order valence-electron chi connectivity index (χ3n) is 10.4. The quantitative estimate of drug-likeness (QED) is 0.182. The monoisotopic (exact) mass is 594 g/mol. The average molecular weight is 595 g/mol. The molecule has 1 heterocycles. The van der Waals surface area contributed by atoms with E-state index in [-0.39, 0.29) is 0 Å². The molecule has 0 fully saturated rings. The molecule has 9 aromatic carbocycles. The number of para-hydroxylation sites is 1. The predicted molar refractivity (Wildman–Crippen MR) is 199 cm³/mol. The van der Waals surface area contributed by atoms with Gasteiger partial charge in [-0.15, -0.1) is 0 Å². The van der Waals surface area contributed by atoms with Crippen LogP contribution in [0.5, 0.6) is 0 Å². The SMILES string of the molecule is c1ccc2c(c1)-c1cccc3c(-c4cccc5c4oc4cccc(-c6cccc7c8ccccc8c8ccccc8c67)c45)ccc-2c13. The minimum atomic E-state index is 0.908. The minimum Gasteiger partial charge on any atom is -0.455 e. The van der Waals surface area contributed by atoms with Gasteiger partial charge in [-0.1, -0.05) is 152 Å². The summed E-state index contributed by atoms with van der Waals surface area (Å²) in [6.07, 6.45) is 0. The molecule has 0 saturated carbocycles. The molecular formula is C46H26O. The predicted octanol–water partition coefficient (Wildman–Crippen LogP) is 13.2. The molecule has 47 heavy (non-hydrogen) atoms. The molecule has 10 aromatic rings. The van der Waals surface area contributed by atoms with Gasteiger partial charge < -0.3 is 4.42 Å². The van der Waals surface area contributed by atoms with Crippen LogP contribution in [-0.4, -0.2) is 0 Å². The van der Waals surface area contributed by atoms with E-state index in [2.05, 4.69) is 158 Å². The Bertz CT molecular complexity index is 2880. The molecule has 0 atom stereocenters. The fourth-order valence-corrected chi connectivity index (χ4v) is 8.51. The van der Waals surface area contributed by atoms with Crippen LogP contribution in [0, 0.1) is 0 Å². The van der Waals surface area contributed by atoms with Crippen molar-refractivity contribution in [2.24, 2.45) is 0 Å². The van der Waals surface area contributed by atoms with Gasteiger partial charge >= 0.3 is 0 Å². The van der Waals surface area contributed by atoms with Crippen LogP contribution in [0.4, 0.5) is 0 Å². The number of benzene rings is 9. The topological polar surface area (TPSA) is 13.1 Å². The highest BCUT2D eigenvalue weighted by molar-refractivity contribution is 6.30. The van der Waals surface area contributed by atoms with Crippen LogP contribution in [-0.2, 0) is 0 Å². The molecular weight excluding hydrogens is 569 g/mol. The third-order valence-corrected chi connectivity index (χ3v) is 10.4. The second kappa shape index (κ2) is 9.19. The highest BCUT2D eigenvalue weighted by atomic mass is 16.3. The van der Waals surface area contributed by atoms with Crippen LogP contribution < -0.4 is 0 Å². The smallest absolute Gasteiger partial charge is 0.143 e. The van der Waals surface area contributed by atoms with E-state index in [1.807, 2.05) is 0 Å². The Kier molecular flexibility index (Phi) is 4.90. The summed E-state index contributed by atoms with van der Waals surface area (Å²) in [7, 11) is 0. The second-order valence-corrected chi connectivity index (χ2v) is 12.7. The van der Waals surface area contributed by atoms with Crippen LogP contribution in [0.1, 0.15) is 0 Å². The molecule has 1 aliphatic carbocycles. The van der Waals surface area contributed by atoms with E-state index < -0.39 is 0 Å². The molecule has 0 spiro atoms. The van der Waals surface area contributed by atoms with E-state index in [0.717, 1.165) is 27.5 Å². The van der Waals surface area contributed by atoms with Gasteiger partial charge in [-0.25, -0.2) is 0 Å². The fraction of sp³-hybridized carbons (Fsp3) is 0. The summed E-state index contributed by atoms with van der Waals surface area (Å²) in [5.74, 6) is 0. The zero-order valence-electron chi connectivity index (χ0n) is 25.4. The van der Waals surface area contributed by atoms with Crippen molar-refractivity contribution in [2.45, 2.75) is 0 Å². The van der Waals surface area contributed by atoms with Crippen LogP contribution in [0.3, 0.4) is 0 Å². The molecule has 0 radical (unpaired) electrons. The molecule has 1 nitrogen and oxygen atoms in total. The second-order valence-electron chi connectivity index (χ2n) is 12.7. The lowest BCUT2D eigenvalue weighted by Gasteiger charge is -2.15. The van der Waals surface area contributed by atoms with Gasteiger partial charge in [-0.3, -0.25) is 0 Å². The van der Waals surface area contributed by atoms with Gasteiger partial charge in [0, 0.05) is 16.3 Å². The van der Waals surface area contributed by atoms with Crippen LogP contribution >= 0.6 is 0 Å². The molecule has 0 saturated heterocycles. The third kappa shape index (κ3) is 3.28.